The van der Waals surface area contributed by atoms with Crippen LogP contribution in [0.2, 0.25) is 0 Å². The van der Waals surface area contributed by atoms with Crippen LogP contribution in [0.3, 0.4) is 0 Å². The molecule has 19 nitrogen and oxygen atoms in total. The standard InChI is InChI=1S/C91H173NO18/c1-3-5-7-9-11-13-15-17-19-21-23-25-27-29-30-31-32-33-34-35-36-37-38-39-40-41-42-43-45-47-49-51-53-55-57-59-61-63-65-67-69-79(97)92-74(75(96)68-66-64-62-60-58-56-54-52-50-48-46-44-28-26-24-22-20-18-16-14-12-10-8-6-4-2)73-105-89-85(103)82(100)87(77(71-94)107-89)110-91-86(104)83(101)88(78(72-95)108-91)109-90-84(102)81(99)80(98)76(70-93)106-90/h58,60,66,68,74-78,80-91,93-96,98-104H,3-57,59,61-65,67,69-73H2,1-2H3,(H,92,97)/b60-58+,68-66+. The van der Waals surface area contributed by atoms with Gasteiger partial charge >= 0.3 is 0 Å². The topological polar surface area (TPSA) is 307 Å². The molecule has 17 atom stereocenters. The quantitative estimate of drug-likeness (QED) is 0.0199. The monoisotopic (exact) mass is 1570 g/mol. The fraction of sp³-hybridized carbons (Fsp3) is 0.945. The van der Waals surface area contributed by atoms with Gasteiger partial charge in [0.1, 0.15) is 73.2 Å². The second-order valence-electron chi connectivity index (χ2n) is 33.5. The minimum absolute atomic E-state index is 0.241. The van der Waals surface area contributed by atoms with Gasteiger partial charge in [0.05, 0.1) is 38.6 Å². The zero-order chi connectivity index (χ0) is 79.5. The number of carbonyl (C=O) groups excluding carboxylic acids is 1. The van der Waals surface area contributed by atoms with E-state index in [2.05, 4.69) is 31.3 Å². The normalized spacial score (nSPS) is 25.2. The third-order valence-electron chi connectivity index (χ3n) is 23.5. The lowest BCUT2D eigenvalue weighted by molar-refractivity contribution is -0.379. The number of nitrogens with one attached hydrogen (secondary N) is 1. The molecule has 3 aliphatic heterocycles. The van der Waals surface area contributed by atoms with Crippen LogP contribution in [0.15, 0.2) is 24.3 Å². The highest BCUT2D eigenvalue weighted by Crippen LogP contribution is 2.34. The van der Waals surface area contributed by atoms with Crippen LogP contribution in [0, 0.1) is 0 Å². The molecule has 3 fully saturated rings. The minimum atomic E-state index is -1.98. The van der Waals surface area contributed by atoms with Gasteiger partial charge in [-0.2, -0.15) is 0 Å². The summed E-state index contributed by atoms with van der Waals surface area (Å²) in [7, 11) is 0. The SMILES string of the molecule is CCCCCCCCCCCCCCCCCCCCC/C=C/CC/C=C/C(O)C(COC1OC(CO)C(OC2OC(CO)C(OC3OC(CO)C(O)C(O)C3O)C(O)C2O)C(O)C1O)NC(=O)CCCCCCCCCCCCCCCCCCCCCCCCCCCCCCCCCCCCCCCCCC. The van der Waals surface area contributed by atoms with Crippen LogP contribution in [0.25, 0.3) is 0 Å². The van der Waals surface area contributed by atoms with Gasteiger partial charge in [-0.1, -0.05) is 404 Å². The Morgan fingerprint density at radius 1 is 0.318 bits per heavy atom. The van der Waals surface area contributed by atoms with Crippen LogP contribution >= 0.6 is 0 Å². The van der Waals surface area contributed by atoms with Gasteiger partial charge < -0.3 is 89.9 Å². The van der Waals surface area contributed by atoms with Crippen molar-refractivity contribution >= 4 is 5.91 Å². The Kier molecular flexibility index (Phi) is 66.5. The van der Waals surface area contributed by atoms with Crippen molar-refractivity contribution in [1.82, 2.24) is 5.32 Å². The van der Waals surface area contributed by atoms with E-state index in [1.165, 1.54) is 347 Å². The molecule has 1 amide bonds. The molecule has 3 heterocycles. The summed E-state index contributed by atoms with van der Waals surface area (Å²) >= 11 is 0. The molecule has 0 aromatic rings. The third kappa shape index (κ3) is 49.5. The van der Waals surface area contributed by atoms with Crippen molar-refractivity contribution in [2.75, 3.05) is 26.4 Å². The van der Waals surface area contributed by atoms with E-state index in [1.54, 1.807) is 6.08 Å². The molecule has 17 unspecified atom stereocenters. The molecular formula is C91H173NO18. The van der Waals surface area contributed by atoms with E-state index in [-0.39, 0.29) is 18.9 Å². The number of rotatable bonds is 77. The number of unbranched alkanes of at least 4 members (excludes halogenated alkanes) is 59. The van der Waals surface area contributed by atoms with Gasteiger partial charge in [-0.3, -0.25) is 4.79 Å². The highest BCUT2D eigenvalue weighted by molar-refractivity contribution is 5.76. The van der Waals surface area contributed by atoms with E-state index in [0.29, 0.717) is 12.8 Å². The number of allylic oxidation sites excluding steroid dienone is 3. The number of ether oxygens (including phenoxy) is 6. The van der Waals surface area contributed by atoms with Gasteiger partial charge in [0.25, 0.3) is 0 Å². The lowest BCUT2D eigenvalue weighted by Gasteiger charge is -2.48. The van der Waals surface area contributed by atoms with Crippen LogP contribution < -0.4 is 5.32 Å². The molecule has 3 rings (SSSR count). The predicted molar refractivity (Wildman–Crippen MR) is 443 cm³/mol. The smallest absolute Gasteiger partial charge is 0.220 e. The highest BCUT2D eigenvalue weighted by atomic mass is 16.8. The maximum Gasteiger partial charge on any atom is 0.220 e. The maximum absolute atomic E-state index is 13.5. The molecule has 0 radical (unpaired) electrons. The Hall–Kier alpha value is -1.73. The summed E-state index contributed by atoms with van der Waals surface area (Å²) in [6.07, 6.45) is 63.6. The second-order valence-corrected chi connectivity index (χ2v) is 33.5. The predicted octanol–water partition coefficient (Wildman–Crippen LogP) is 18.0. The Bertz CT molecular complexity index is 2070. The van der Waals surface area contributed by atoms with Crippen molar-refractivity contribution in [1.29, 1.82) is 0 Å². The molecule has 0 aromatic carbocycles. The van der Waals surface area contributed by atoms with Crippen LogP contribution in [0.5, 0.6) is 0 Å². The summed E-state index contributed by atoms with van der Waals surface area (Å²) in [5.74, 6) is -0.275. The van der Waals surface area contributed by atoms with Crippen LogP contribution in [0.1, 0.15) is 418 Å². The van der Waals surface area contributed by atoms with Crippen LogP contribution in [-0.2, 0) is 33.2 Å². The maximum atomic E-state index is 13.5. The summed E-state index contributed by atoms with van der Waals surface area (Å²) in [5.41, 5.74) is 0. The number of hydrogen-bond donors (Lipinski definition) is 12. The first-order chi connectivity index (χ1) is 53.8. The second kappa shape index (κ2) is 71.4. The molecule has 19 heteroatoms. The highest BCUT2D eigenvalue weighted by Gasteiger charge is 2.54. The molecule has 0 bridgehead atoms. The largest absolute Gasteiger partial charge is 0.394 e. The van der Waals surface area contributed by atoms with Crippen LogP contribution in [0.4, 0.5) is 0 Å². The Labute approximate surface area is 670 Å². The molecule has 3 saturated heterocycles. The first kappa shape index (κ1) is 102. The lowest BCUT2D eigenvalue weighted by Crippen LogP contribution is -2.66. The Morgan fingerprint density at radius 2 is 0.582 bits per heavy atom. The number of aliphatic hydroxyl groups is 11. The molecule has 110 heavy (non-hydrogen) atoms. The number of hydrogen-bond acceptors (Lipinski definition) is 18. The molecule has 650 valence electrons. The molecule has 0 spiro atoms. The van der Waals surface area contributed by atoms with Crippen molar-refractivity contribution in [2.24, 2.45) is 0 Å². The number of aliphatic hydroxyl groups excluding tert-OH is 11. The van der Waals surface area contributed by atoms with Gasteiger partial charge in [0.15, 0.2) is 18.9 Å². The van der Waals surface area contributed by atoms with Crippen molar-refractivity contribution in [3.8, 4) is 0 Å². The Morgan fingerprint density at radius 3 is 0.909 bits per heavy atom. The molecule has 0 saturated carbocycles. The summed E-state index contributed by atoms with van der Waals surface area (Å²) in [5, 5.41) is 121. The molecule has 12 N–H and O–H groups in total. The minimum Gasteiger partial charge on any atom is -0.394 e. The zero-order valence-corrected chi connectivity index (χ0v) is 70.3. The summed E-state index contributed by atoms with van der Waals surface area (Å²) in [6.45, 7) is 1.80. The molecule has 0 aromatic heterocycles. The lowest BCUT2D eigenvalue weighted by atomic mass is 9.96. The summed E-state index contributed by atoms with van der Waals surface area (Å²) in [4.78, 5) is 13.5. The average molecular weight is 1570 g/mol. The van der Waals surface area contributed by atoms with Crippen molar-refractivity contribution in [3.63, 3.8) is 0 Å². The number of amides is 1. The van der Waals surface area contributed by atoms with E-state index in [4.69, 9.17) is 28.4 Å². The van der Waals surface area contributed by atoms with E-state index < -0.39 is 124 Å². The molecule has 3 aliphatic rings. The van der Waals surface area contributed by atoms with Gasteiger partial charge in [-0.15, -0.1) is 0 Å². The van der Waals surface area contributed by atoms with Crippen molar-refractivity contribution in [2.45, 2.75) is 523 Å². The fourth-order valence-electron chi connectivity index (χ4n) is 16.1. The summed E-state index contributed by atoms with van der Waals surface area (Å²) < 4.78 is 34.5. The number of carbonyl (C=O) groups is 1. The van der Waals surface area contributed by atoms with E-state index >= 15 is 0 Å². The Balaban J connectivity index is 1.29. The van der Waals surface area contributed by atoms with E-state index in [1.807, 2.05) is 6.08 Å². The zero-order valence-electron chi connectivity index (χ0n) is 70.3. The van der Waals surface area contributed by atoms with Crippen LogP contribution in [-0.4, -0.2) is 193 Å². The van der Waals surface area contributed by atoms with Gasteiger partial charge in [-0.05, 0) is 32.1 Å². The first-order valence-electron chi connectivity index (χ1n) is 46.6. The van der Waals surface area contributed by atoms with Crippen molar-refractivity contribution < 1.29 is 89.4 Å². The third-order valence-corrected chi connectivity index (χ3v) is 23.5. The molecular weight excluding hydrogens is 1390 g/mol. The fourth-order valence-corrected chi connectivity index (χ4v) is 16.1. The average Bonchev–Trinajstić information content (AvgIpc) is 0.779. The van der Waals surface area contributed by atoms with Crippen molar-refractivity contribution in [3.05, 3.63) is 24.3 Å². The van der Waals surface area contributed by atoms with Gasteiger partial charge in [0.2, 0.25) is 5.91 Å². The van der Waals surface area contributed by atoms with E-state index in [9.17, 15) is 61.0 Å². The first-order valence-corrected chi connectivity index (χ1v) is 46.6. The van der Waals surface area contributed by atoms with E-state index in [0.717, 1.165) is 38.5 Å². The summed E-state index contributed by atoms with van der Waals surface area (Å²) in [6, 6.07) is -0.989. The molecule has 0 aliphatic carbocycles. The van der Waals surface area contributed by atoms with Gasteiger partial charge in [-0.25, -0.2) is 0 Å². The van der Waals surface area contributed by atoms with Gasteiger partial charge in [0, 0.05) is 6.42 Å².